The van der Waals surface area contributed by atoms with Crippen molar-refractivity contribution in [2.75, 3.05) is 6.61 Å². The monoisotopic (exact) mass is 424 g/mol. The van der Waals surface area contributed by atoms with Gasteiger partial charge in [0.15, 0.2) is 0 Å². The highest BCUT2D eigenvalue weighted by atomic mass is 35.5. The van der Waals surface area contributed by atoms with Crippen LogP contribution in [0.2, 0.25) is 5.02 Å². The van der Waals surface area contributed by atoms with Crippen LogP contribution < -0.4 is 0 Å². The number of hydrogen-bond donors (Lipinski definition) is 2. The molecule has 0 heterocycles. The first kappa shape index (κ1) is 26.0. The van der Waals surface area contributed by atoms with Gasteiger partial charge in [0.25, 0.3) is 0 Å². The molecule has 29 heavy (non-hydrogen) atoms. The number of aromatic carboxylic acids is 1. The summed E-state index contributed by atoms with van der Waals surface area (Å²) in [5.41, 5.74) is 1.31. The summed E-state index contributed by atoms with van der Waals surface area (Å²) in [6, 6.07) is 5.29. The van der Waals surface area contributed by atoms with Gasteiger partial charge in [0.2, 0.25) is 0 Å². The Kier molecular flexibility index (Phi) is 15.9. The molecule has 0 atom stereocenters. The number of carboxylic acid groups (broad SMARTS) is 1. The van der Waals surface area contributed by atoms with Crippen molar-refractivity contribution in [1.29, 1.82) is 0 Å². The summed E-state index contributed by atoms with van der Waals surface area (Å²) in [5.74, 6) is -0.966. The van der Waals surface area contributed by atoms with Crippen LogP contribution in [0.25, 0.3) is 0 Å². The Labute approximate surface area is 182 Å². The van der Waals surface area contributed by atoms with Crippen LogP contribution in [0, 0.1) is 0 Å². The van der Waals surface area contributed by atoms with E-state index in [1.807, 2.05) is 6.07 Å². The highest BCUT2D eigenvalue weighted by Gasteiger charge is 2.08. The van der Waals surface area contributed by atoms with E-state index in [9.17, 15) is 4.79 Å². The van der Waals surface area contributed by atoms with Crippen LogP contribution in [0.5, 0.6) is 0 Å². The van der Waals surface area contributed by atoms with Crippen molar-refractivity contribution >= 4 is 17.6 Å². The van der Waals surface area contributed by atoms with Gasteiger partial charge in [-0.05, 0) is 37.0 Å². The number of carboxylic acids is 1. The summed E-state index contributed by atoms with van der Waals surface area (Å²) in [5, 5.41) is 18.1. The number of halogens is 1. The van der Waals surface area contributed by atoms with E-state index in [-0.39, 0.29) is 5.56 Å². The Balaban J connectivity index is 1.85. The van der Waals surface area contributed by atoms with E-state index >= 15 is 0 Å². The zero-order valence-electron chi connectivity index (χ0n) is 18.1. The second-order valence-corrected chi connectivity index (χ2v) is 8.66. The molecule has 0 aliphatic carbocycles. The van der Waals surface area contributed by atoms with Crippen molar-refractivity contribution in [3.63, 3.8) is 0 Å². The van der Waals surface area contributed by atoms with E-state index in [2.05, 4.69) is 0 Å². The van der Waals surface area contributed by atoms with Crippen molar-refractivity contribution in [3.05, 3.63) is 34.3 Å². The fraction of sp³-hybridized carbons (Fsp3) is 0.720. The van der Waals surface area contributed by atoms with Gasteiger partial charge in [-0.1, -0.05) is 108 Å². The van der Waals surface area contributed by atoms with E-state index in [1.165, 1.54) is 89.9 Å². The van der Waals surface area contributed by atoms with Gasteiger partial charge in [-0.25, -0.2) is 4.79 Å². The van der Waals surface area contributed by atoms with E-state index in [0.29, 0.717) is 11.6 Å². The minimum absolute atomic E-state index is 0.185. The molecule has 0 radical (unpaired) electrons. The standard InChI is InChI=1S/C25H41ClO3/c26-24-21-22(18-19-23(24)25(28)29)17-15-13-11-9-7-5-3-1-2-4-6-8-10-12-14-16-20-27/h18-19,21,27H,1-17,20H2,(H,28,29). The zero-order valence-corrected chi connectivity index (χ0v) is 18.9. The first-order chi connectivity index (χ1) is 14.1. The molecule has 4 heteroatoms. The molecule has 0 saturated heterocycles. The molecule has 0 bridgehead atoms. The highest BCUT2D eigenvalue weighted by Crippen LogP contribution is 2.20. The molecule has 0 amide bonds. The van der Waals surface area contributed by atoms with E-state index in [4.69, 9.17) is 21.8 Å². The Bertz CT molecular complexity index is 545. The van der Waals surface area contributed by atoms with Gasteiger partial charge in [0.1, 0.15) is 0 Å². The average molecular weight is 425 g/mol. The molecule has 166 valence electrons. The van der Waals surface area contributed by atoms with Gasteiger partial charge in [-0.3, -0.25) is 0 Å². The lowest BCUT2D eigenvalue weighted by Crippen LogP contribution is -1.98. The molecule has 0 spiro atoms. The van der Waals surface area contributed by atoms with Crippen molar-refractivity contribution in [3.8, 4) is 0 Å². The van der Waals surface area contributed by atoms with Gasteiger partial charge in [0, 0.05) is 6.61 Å². The van der Waals surface area contributed by atoms with Crippen LogP contribution in [0.3, 0.4) is 0 Å². The van der Waals surface area contributed by atoms with Crippen molar-refractivity contribution in [1.82, 2.24) is 0 Å². The molecule has 1 rings (SSSR count). The maximum atomic E-state index is 11.0. The van der Waals surface area contributed by atoms with Gasteiger partial charge < -0.3 is 10.2 Å². The fourth-order valence-electron chi connectivity index (χ4n) is 3.80. The third kappa shape index (κ3) is 13.7. The predicted molar refractivity (Wildman–Crippen MR) is 123 cm³/mol. The largest absolute Gasteiger partial charge is 0.478 e. The molecule has 1 aromatic rings. The first-order valence-corrected chi connectivity index (χ1v) is 12.2. The normalized spacial score (nSPS) is 11.1. The molecule has 0 fully saturated rings. The smallest absolute Gasteiger partial charge is 0.337 e. The third-order valence-electron chi connectivity index (χ3n) is 5.64. The summed E-state index contributed by atoms with van der Waals surface area (Å²) in [6.45, 7) is 0.347. The van der Waals surface area contributed by atoms with Crippen LogP contribution in [0.1, 0.15) is 119 Å². The fourth-order valence-corrected chi connectivity index (χ4v) is 4.09. The highest BCUT2D eigenvalue weighted by molar-refractivity contribution is 6.33. The quantitative estimate of drug-likeness (QED) is 0.222. The van der Waals surface area contributed by atoms with Crippen LogP contribution in [-0.4, -0.2) is 22.8 Å². The topological polar surface area (TPSA) is 57.5 Å². The number of carbonyl (C=O) groups is 1. The Morgan fingerprint density at radius 1 is 0.690 bits per heavy atom. The number of aliphatic hydroxyl groups is 1. The Morgan fingerprint density at radius 2 is 1.10 bits per heavy atom. The van der Waals surface area contributed by atoms with Crippen LogP contribution in [0.15, 0.2) is 18.2 Å². The zero-order chi connectivity index (χ0) is 21.2. The molecule has 2 N–H and O–H groups in total. The molecular weight excluding hydrogens is 384 g/mol. The molecule has 0 saturated carbocycles. The summed E-state index contributed by atoms with van der Waals surface area (Å²) < 4.78 is 0. The molecule has 0 aromatic heterocycles. The van der Waals surface area contributed by atoms with Crippen LogP contribution in [0.4, 0.5) is 0 Å². The van der Waals surface area contributed by atoms with Crippen LogP contribution in [-0.2, 0) is 6.42 Å². The molecular formula is C25H41ClO3. The number of aliphatic hydroxyl groups excluding tert-OH is 1. The SMILES string of the molecule is O=C(O)c1ccc(CCCCCCCCCCCCCCCCCCO)cc1Cl. The van der Waals surface area contributed by atoms with E-state index in [0.717, 1.165) is 24.8 Å². The lowest BCUT2D eigenvalue weighted by molar-refractivity contribution is 0.0697. The minimum Gasteiger partial charge on any atom is -0.478 e. The summed E-state index contributed by atoms with van der Waals surface area (Å²) in [7, 11) is 0. The third-order valence-corrected chi connectivity index (χ3v) is 5.95. The predicted octanol–water partition coefficient (Wildman–Crippen LogP) is 7.81. The van der Waals surface area contributed by atoms with Gasteiger partial charge in [-0.2, -0.15) is 0 Å². The number of benzene rings is 1. The molecule has 0 aliphatic rings. The molecule has 0 aliphatic heterocycles. The lowest BCUT2D eigenvalue weighted by atomic mass is 10.0. The van der Waals surface area contributed by atoms with Gasteiger partial charge in [-0.15, -0.1) is 0 Å². The second kappa shape index (κ2) is 17.8. The maximum absolute atomic E-state index is 11.0. The Hall–Kier alpha value is -1.06. The number of rotatable bonds is 19. The van der Waals surface area contributed by atoms with Crippen molar-refractivity contribution < 1.29 is 15.0 Å². The van der Waals surface area contributed by atoms with E-state index in [1.54, 1.807) is 12.1 Å². The number of hydrogen-bond acceptors (Lipinski definition) is 2. The average Bonchev–Trinajstić information content (AvgIpc) is 2.70. The summed E-state index contributed by atoms with van der Waals surface area (Å²) >= 11 is 6.02. The maximum Gasteiger partial charge on any atom is 0.337 e. The summed E-state index contributed by atoms with van der Waals surface area (Å²) in [4.78, 5) is 11.0. The Morgan fingerprint density at radius 3 is 1.48 bits per heavy atom. The van der Waals surface area contributed by atoms with E-state index < -0.39 is 5.97 Å². The second-order valence-electron chi connectivity index (χ2n) is 8.25. The van der Waals surface area contributed by atoms with Gasteiger partial charge >= 0.3 is 5.97 Å². The first-order valence-electron chi connectivity index (χ1n) is 11.8. The lowest BCUT2D eigenvalue weighted by Gasteiger charge is -2.05. The van der Waals surface area contributed by atoms with Gasteiger partial charge in [0.05, 0.1) is 10.6 Å². The molecule has 3 nitrogen and oxygen atoms in total. The minimum atomic E-state index is -0.966. The number of aryl methyl sites for hydroxylation is 1. The molecule has 0 unspecified atom stereocenters. The van der Waals surface area contributed by atoms with Crippen LogP contribution >= 0.6 is 11.6 Å². The summed E-state index contributed by atoms with van der Waals surface area (Å²) in [6.07, 6.45) is 21.7. The van der Waals surface area contributed by atoms with Crippen molar-refractivity contribution in [2.24, 2.45) is 0 Å². The molecule has 1 aromatic carbocycles. The van der Waals surface area contributed by atoms with Crippen molar-refractivity contribution in [2.45, 2.75) is 109 Å². The number of unbranched alkanes of at least 4 members (excludes halogenated alkanes) is 15.